The summed E-state index contributed by atoms with van der Waals surface area (Å²) < 4.78 is 41.7. The molecule has 3 aliphatic rings. The number of sulfonamides is 1. The first-order valence-electron chi connectivity index (χ1n) is 20.9. The van der Waals surface area contributed by atoms with Gasteiger partial charge in [-0.1, -0.05) is 60.8 Å². The SMILES string of the molecule is CC1(C)CCC(CN2CCN(c3ccc(C(=O)NS(=O)(=O)c4cnc(OC[C@H]5CC[C@@](C)(O)CC5)c(Cl)c4)c(Oc4cccc5[nH]ncc45)c3)CC2)=C(c2ccc(Cl)cc2)C1. The maximum absolute atomic E-state index is 13.9. The Balaban J connectivity index is 0.981. The van der Waals surface area contributed by atoms with Gasteiger partial charge in [0.05, 0.1) is 41.1 Å². The summed E-state index contributed by atoms with van der Waals surface area (Å²) in [4.78, 5) is 22.6. The molecule has 0 atom stereocenters. The van der Waals surface area contributed by atoms with Gasteiger partial charge in [-0.2, -0.15) is 5.10 Å². The van der Waals surface area contributed by atoms with Gasteiger partial charge in [0.1, 0.15) is 21.4 Å². The van der Waals surface area contributed by atoms with Crippen molar-refractivity contribution in [1.82, 2.24) is 24.8 Å². The van der Waals surface area contributed by atoms with Crippen LogP contribution in [0.3, 0.4) is 0 Å². The molecule has 15 heteroatoms. The van der Waals surface area contributed by atoms with Gasteiger partial charge < -0.3 is 19.5 Å². The number of allylic oxidation sites excluding steroid dienone is 1. The molecule has 0 unspecified atom stereocenters. The molecule has 2 fully saturated rings. The second-order valence-electron chi connectivity index (χ2n) is 17.7. The summed E-state index contributed by atoms with van der Waals surface area (Å²) in [6, 6.07) is 20.1. The average Bonchev–Trinajstić information content (AvgIpc) is 3.72. The van der Waals surface area contributed by atoms with Crippen molar-refractivity contribution < 1.29 is 27.8 Å². The first-order chi connectivity index (χ1) is 29.1. The van der Waals surface area contributed by atoms with E-state index >= 15 is 0 Å². The number of aromatic nitrogens is 3. The number of piperazine rings is 1. The summed E-state index contributed by atoms with van der Waals surface area (Å²) in [7, 11) is -4.42. The molecule has 12 nitrogen and oxygen atoms in total. The second kappa shape index (κ2) is 17.6. The van der Waals surface area contributed by atoms with Crippen molar-refractivity contribution in [3.8, 4) is 17.4 Å². The van der Waals surface area contributed by atoms with Crippen molar-refractivity contribution in [3.05, 3.63) is 106 Å². The number of fused-ring (bicyclic) bond motifs is 1. The smallest absolute Gasteiger partial charge is 0.268 e. The minimum atomic E-state index is -4.42. The summed E-state index contributed by atoms with van der Waals surface area (Å²) in [5.41, 5.74) is 5.34. The molecule has 322 valence electrons. The number of aromatic amines is 1. The van der Waals surface area contributed by atoms with Crippen LogP contribution in [0.2, 0.25) is 10.0 Å². The molecular formula is C46H52Cl2N6O6S. The molecule has 3 heterocycles. The number of rotatable bonds is 12. The van der Waals surface area contributed by atoms with E-state index in [0.29, 0.717) is 30.6 Å². The molecule has 61 heavy (non-hydrogen) atoms. The van der Waals surface area contributed by atoms with E-state index in [4.69, 9.17) is 32.7 Å². The zero-order chi connectivity index (χ0) is 42.9. The highest BCUT2D eigenvalue weighted by Gasteiger charge is 2.31. The number of hydrogen-bond acceptors (Lipinski definition) is 10. The van der Waals surface area contributed by atoms with Crippen molar-refractivity contribution in [2.75, 3.05) is 44.2 Å². The molecular weight excluding hydrogens is 836 g/mol. The lowest BCUT2D eigenvalue weighted by Crippen LogP contribution is -2.47. The maximum Gasteiger partial charge on any atom is 0.268 e. The highest BCUT2D eigenvalue weighted by atomic mass is 35.5. The number of pyridine rings is 1. The Bertz CT molecular complexity index is 2540. The van der Waals surface area contributed by atoms with E-state index in [9.17, 15) is 18.3 Å². The fraction of sp³-hybridized carbons (Fsp3) is 0.413. The molecule has 0 bridgehead atoms. The Morgan fingerprint density at radius 1 is 0.951 bits per heavy atom. The van der Waals surface area contributed by atoms with Crippen LogP contribution in [0.1, 0.15) is 81.6 Å². The van der Waals surface area contributed by atoms with Crippen molar-refractivity contribution >= 4 is 61.3 Å². The Labute approximate surface area is 367 Å². The highest BCUT2D eigenvalue weighted by molar-refractivity contribution is 7.90. The van der Waals surface area contributed by atoms with Crippen LogP contribution >= 0.6 is 23.2 Å². The number of H-pyrrole nitrogens is 1. The highest BCUT2D eigenvalue weighted by Crippen LogP contribution is 2.44. The molecule has 8 rings (SSSR count). The van der Waals surface area contributed by atoms with E-state index in [1.165, 1.54) is 22.8 Å². The second-order valence-corrected chi connectivity index (χ2v) is 20.2. The van der Waals surface area contributed by atoms with E-state index in [-0.39, 0.29) is 38.4 Å². The van der Waals surface area contributed by atoms with Gasteiger partial charge in [-0.3, -0.25) is 14.8 Å². The zero-order valence-corrected chi connectivity index (χ0v) is 37.0. The predicted octanol–water partition coefficient (Wildman–Crippen LogP) is 9.28. The Hall–Kier alpha value is -4.66. The van der Waals surface area contributed by atoms with Crippen LogP contribution in [0.15, 0.2) is 89.6 Å². The number of amides is 1. The number of hydrogen-bond donors (Lipinski definition) is 3. The molecule has 2 aliphatic carbocycles. The number of halogens is 2. The minimum absolute atomic E-state index is 0.00113. The molecule has 1 amide bonds. The molecule has 0 radical (unpaired) electrons. The van der Waals surface area contributed by atoms with Gasteiger partial charge in [0, 0.05) is 49.5 Å². The number of carbonyl (C=O) groups is 1. The summed E-state index contributed by atoms with van der Waals surface area (Å²) in [6.07, 6.45) is 8.95. The lowest BCUT2D eigenvalue weighted by atomic mass is 9.72. The van der Waals surface area contributed by atoms with Crippen molar-refractivity contribution in [3.63, 3.8) is 0 Å². The molecule has 2 aromatic heterocycles. The van der Waals surface area contributed by atoms with Crippen LogP contribution in [0.4, 0.5) is 5.69 Å². The first kappa shape index (κ1) is 43.0. The van der Waals surface area contributed by atoms with Crippen LogP contribution in [0.5, 0.6) is 17.4 Å². The lowest BCUT2D eigenvalue weighted by molar-refractivity contribution is 0.00127. The van der Waals surface area contributed by atoms with Gasteiger partial charge in [0.15, 0.2) is 0 Å². The fourth-order valence-corrected chi connectivity index (χ4v) is 9.93. The van der Waals surface area contributed by atoms with Crippen molar-refractivity contribution in [1.29, 1.82) is 0 Å². The van der Waals surface area contributed by atoms with E-state index in [2.05, 4.69) is 55.7 Å². The molecule has 5 aromatic rings. The third kappa shape index (κ3) is 10.2. The molecule has 1 saturated carbocycles. The van der Waals surface area contributed by atoms with Gasteiger partial charge in [0.25, 0.3) is 15.9 Å². The first-order valence-corrected chi connectivity index (χ1v) is 23.1. The van der Waals surface area contributed by atoms with E-state index in [1.807, 2.05) is 37.3 Å². The van der Waals surface area contributed by atoms with E-state index < -0.39 is 21.5 Å². The fourth-order valence-electron chi connectivity index (χ4n) is 8.59. The van der Waals surface area contributed by atoms with E-state index in [0.717, 1.165) is 87.3 Å². The number of nitrogens with one attached hydrogen (secondary N) is 2. The third-order valence-corrected chi connectivity index (χ3v) is 14.2. The van der Waals surface area contributed by atoms with Crippen molar-refractivity contribution in [2.45, 2.75) is 76.2 Å². The number of anilines is 1. The number of carbonyl (C=O) groups excluding carboxylic acids is 1. The summed E-state index contributed by atoms with van der Waals surface area (Å²) in [5.74, 6) is 0.0860. The van der Waals surface area contributed by atoms with Crippen LogP contribution in [0.25, 0.3) is 16.5 Å². The quantitative estimate of drug-likeness (QED) is 0.111. The molecule has 3 aromatic carbocycles. The van der Waals surface area contributed by atoms with Gasteiger partial charge in [0.2, 0.25) is 5.88 Å². The van der Waals surface area contributed by atoms with Crippen LogP contribution in [-0.2, 0) is 10.0 Å². The topological polar surface area (TPSA) is 150 Å². The van der Waals surface area contributed by atoms with Crippen LogP contribution in [-0.4, -0.2) is 84.4 Å². The van der Waals surface area contributed by atoms with Crippen molar-refractivity contribution in [2.24, 2.45) is 11.3 Å². The molecule has 0 spiro atoms. The average molecular weight is 888 g/mol. The Morgan fingerprint density at radius 2 is 1.70 bits per heavy atom. The molecule has 1 aliphatic heterocycles. The summed E-state index contributed by atoms with van der Waals surface area (Å²) >= 11 is 12.7. The van der Waals surface area contributed by atoms with Crippen LogP contribution in [0, 0.1) is 11.3 Å². The number of ether oxygens (including phenoxy) is 2. The standard InChI is InChI=1S/C46H52Cl2N6O6S/c1-45(2)16-15-32(37(25-45)31-7-9-33(47)10-8-31)28-53-19-21-54(22-20-53)34-11-12-36(42(23-34)60-41-6-4-5-40-38(41)27-50-51-40)43(55)52-61(57,58)35-24-39(48)44(49-26-35)59-29-30-13-17-46(3,56)18-14-30/h4-12,23-24,26-27,30,56H,13-22,25,28-29H2,1-3H3,(H,50,51)(H,52,55)/t30-,46+. The third-order valence-electron chi connectivity index (χ3n) is 12.4. The van der Waals surface area contributed by atoms with E-state index in [1.54, 1.807) is 24.4 Å². The summed E-state index contributed by atoms with van der Waals surface area (Å²) in [5, 5.41) is 18.8. The number of aliphatic hydroxyl groups is 1. The van der Waals surface area contributed by atoms with Gasteiger partial charge in [-0.15, -0.1) is 0 Å². The predicted molar refractivity (Wildman–Crippen MR) is 239 cm³/mol. The van der Waals surface area contributed by atoms with Gasteiger partial charge in [-0.05, 0) is 117 Å². The molecule has 3 N–H and O–H groups in total. The largest absolute Gasteiger partial charge is 0.476 e. The molecule has 1 saturated heterocycles. The normalized spacial score (nSPS) is 21.1. The number of benzene rings is 3. The number of nitrogens with zero attached hydrogens (tertiary/aromatic N) is 4. The summed E-state index contributed by atoms with van der Waals surface area (Å²) in [6.45, 7) is 11.0. The minimum Gasteiger partial charge on any atom is -0.476 e. The van der Waals surface area contributed by atoms with Gasteiger partial charge in [-0.25, -0.2) is 18.1 Å². The Kier molecular flexibility index (Phi) is 12.4. The lowest BCUT2D eigenvalue weighted by Gasteiger charge is -2.39. The zero-order valence-electron chi connectivity index (χ0n) is 34.7. The Morgan fingerprint density at radius 3 is 2.44 bits per heavy atom. The monoisotopic (exact) mass is 886 g/mol. The maximum atomic E-state index is 13.9. The van der Waals surface area contributed by atoms with Crippen LogP contribution < -0.4 is 19.1 Å². The van der Waals surface area contributed by atoms with Gasteiger partial charge >= 0.3 is 0 Å².